The molecule has 0 saturated carbocycles. The van der Waals surface area contributed by atoms with Crippen LogP contribution in [0.15, 0.2) is 42.5 Å². The molecule has 2 rings (SSSR count). The van der Waals surface area contributed by atoms with Gasteiger partial charge in [-0.1, -0.05) is 6.92 Å². The molecule has 1 N–H and O–H groups in total. The molecule has 0 aliphatic rings. The minimum atomic E-state index is -0.211. The molecule has 0 saturated heterocycles. The van der Waals surface area contributed by atoms with Crippen LogP contribution in [0.5, 0.6) is 17.2 Å². The molecule has 138 valence electrons. The molecule has 0 fully saturated rings. The number of carbonyl (C=O) groups excluding carboxylic acids is 1. The van der Waals surface area contributed by atoms with Crippen LogP contribution in [-0.4, -0.2) is 26.7 Å². The van der Waals surface area contributed by atoms with E-state index in [4.69, 9.17) is 14.2 Å². The fourth-order valence-corrected chi connectivity index (χ4v) is 2.36. The minimum Gasteiger partial charge on any atom is -0.497 e. The third kappa shape index (κ3) is 5.55. The van der Waals surface area contributed by atoms with Crippen molar-refractivity contribution >= 4 is 17.7 Å². The summed E-state index contributed by atoms with van der Waals surface area (Å²) < 4.78 is 16.1. The Kier molecular flexibility index (Phi) is 7.09. The summed E-state index contributed by atoms with van der Waals surface area (Å²) in [5, 5.41) is 2.88. The molecule has 2 aromatic carbocycles. The van der Waals surface area contributed by atoms with Crippen molar-refractivity contribution in [3.63, 3.8) is 0 Å². The van der Waals surface area contributed by atoms with Gasteiger partial charge < -0.3 is 19.5 Å². The highest BCUT2D eigenvalue weighted by Crippen LogP contribution is 2.24. The van der Waals surface area contributed by atoms with Crippen LogP contribution in [0.4, 0.5) is 5.69 Å². The van der Waals surface area contributed by atoms with Crippen LogP contribution in [0.1, 0.15) is 24.5 Å². The largest absolute Gasteiger partial charge is 0.497 e. The van der Waals surface area contributed by atoms with Crippen LogP contribution in [-0.2, 0) is 4.79 Å². The van der Waals surface area contributed by atoms with Gasteiger partial charge in [-0.2, -0.15) is 0 Å². The molecule has 0 spiro atoms. The second kappa shape index (κ2) is 9.51. The van der Waals surface area contributed by atoms with Gasteiger partial charge in [0, 0.05) is 17.8 Å². The Morgan fingerprint density at radius 2 is 1.73 bits per heavy atom. The zero-order valence-corrected chi connectivity index (χ0v) is 15.7. The number of anilines is 1. The van der Waals surface area contributed by atoms with Crippen molar-refractivity contribution in [2.24, 2.45) is 0 Å². The highest BCUT2D eigenvalue weighted by molar-refractivity contribution is 6.02. The molecule has 2 aromatic rings. The maximum absolute atomic E-state index is 12.2. The second-order valence-corrected chi connectivity index (χ2v) is 5.79. The Morgan fingerprint density at radius 1 is 1.04 bits per heavy atom. The molecule has 0 radical (unpaired) electrons. The van der Waals surface area contributed by atoms with Gasteiger partial charge in [-0.15, -0.1) is 0 Å². The van der Waals surface area contributed by atoms with Crippen molar-refractivity contribution in [2.75, 3.05) is 26.1 Å². The lowest BCUT2D eigenvalue weighted by Gasteiger charge is -2.10. The smallest absolute Gasteiger partial charge is 0.248 e. The number of benzene rings is 2. The lowest BCUT2D eigenvalue weighted by molar-refractivity contribution is -0.111. The summed E-state index contributed by atoms with van der Waals surface area (Å²) in [6.07, 6.45) is 4.15. The van der Waals surface area contributed by atoms with Gasteiger partial charge >= 0.3 is 0 Å². The van der Waals surface area contributed by atoms with Gasteiger partial charge in [0.2, 0.25) is 5.91 Å². The van der Waals surface area contributed by atoms with E-state index in [0.29, 0.717) is 18.1 Å². The lowest BCUT2D eigenvalue weighted by atomic mass is 10.1. The number of methoxy groups -OCH3 is 2. The first kappa shape index (κ1) is 19.4. The van der Waals surface area contributed by atoms with Gasteiger partial charge in [-0.25, -0.2) is 0 Å². The summed E-state index contributed by atoms with van der Waals surface area (Å²) >= 11 is 0. The highest BCUT2D eigenvalue weighted by atomic mass is 16.5. The first-order valence-corrected chi connectivity index (χ1v) is 8.51. The van der Waals surface area contributed by atoms with Gasteiger partial charge in [-0.3, -0.25) is 4.79 Å². The fraction of sp³-hybridized carbons (Fsp3) is 0.286. The van der Waals surface area contributed by atoms with Crippen molar-refractivity contribution < 1.29 is 19.0 Å². The van der Waals surface area contributed by atoms with Crippen molar-refractivity contribution in [3.05, 3.63) is 53.6 Å². The molecular formula is C21H25NO4. The van der Waals surface area contributed by atoms with E-state index < -0.39 is 0 Å². The molecule has 5 nitrogen and oxygen atoms in total. The summed E-state index contributed by atoms with van der Waals surface area (Å²) in [6.45, 7) is 4.68. The van der Waals surface area contributed by atoms with Gasteiger partial charge in [0.05, 0.1) is 20.8 Å². The summed E-state index contributed by atoms with van der Waals surface area (Å²) in [7, 11) is 3.18. The lowest BCUT2D eigenvalue weighted by Crippen LogP contribution is -2.09. The van der Waals surface area contributed by atoms with E-state index in [0.717, 1.165) is 29.0 Å². The Morgan fingerprint density at radius 3 is 2.31 bits per heavy atom. The third-order valence-corrected chi connectivity index (χ3v) is 3.73. The molecule has 26 heavy (non-hydrogen) atoms. The van der Waals surface area contributed by atoms with Crippen molar-refractivity contribution in [3.8, 4) is 17.2 Å². The minimum absolute atomic E-state index is 0.211. The number of carbonyl (C=O) groups is 1. The van der Waals surface area contributed by atoms with E-state index in [1.165, 1.54) is 6.08 Å². The summed E-state index contributed by atoms with van der Waals surface area (Å²) in [6, 6.07) is 11.1. The van der Waals surface area contributed by atoms with Gasteiger partial charge in [0.25, 0.3) is 0 Å². The maximum atomic E-state index is 12.2. The first-order chi connectivity index (χ1) is 12.5. The summed E-state index contributed by atoms with van der Waals surface area (Å²) in [5.41, 5.74) is 2.52. The highest BCUT2D eigenvalue weighted by Gasteiger charge is 2.05. The molecule has 5 heteroatoms. The van der Waals surface area contributed by atoms with Crippen LogP contribution in [0, 0.1) is 6.92 Å². The van der Waals surface area contributed by atoms with E-state index in [2.05, 4.69) is 12.2 Å². The van der Waals surface area contributed by atoms with Crippen LogP contribution in [0.2, 0.25) is 0 Å². The quantitative estimate of drug-likeness (QED) is 0.711. The Bertz CT molecular complexity index is 761. The number of amides is 1. The normalized spacial score (nSPS) is 10.6. The zero-order valence-electron chi connectivity index (χ0n) is 15.7. The monoisotopic (exact) mass is 355 g/mol. The molecule has 0 heterocycles. The number of hydrogen-bond acceptors (Lipinski definition) is 4. The SMILES string of the molecule is CCCOc1ccc(NC(=O)C=Cc2cc(OC)cc(OC)c2)c(C)c1. The van der Waals surface area contributed by atoms with Crippen LogP contribution >= 0.6 is 0 Å². The van der Waals surface area contributed by atoms with Crippen LogP contribution in [0.25, 0.3) is 6.08 Å². The summed E-state index contributed by atoms with van der Waals surface area (Å²) in [5.74, 6) is 1.93. The van der Waals surface area contributed by atoms with Gasteiger partial charge in [0.15, 0.2) is 0 Å². The predicted molar refractivity (Wildman–Crippen MR) is 104 cm³/mol. The van der Waals surface area contributed by atoms with E-state index in [1.54, 1.807) is 26.4 Å². The van der Waals surface area contributed by atoms with Crippen molar-refractivity contribution in [2.45, 2.75) is 20.3 Å². The standard InChI is InChI=1S/C21H25NO4/c1-5-10-26-17-7-8-20(15(2)11-17)22-21(23)9-6-16-12-18(24-3)14-19(13-16)25-4/h6-9,11-14H,5,10H2,1-4H3,(H,22,23). The number of hydrogen-bond donors (Lipinski definition) is 1. The van der Waals surface area contributed by atoms with E-state index in [1.807, 2.05) is 37.3 Å². The molecule has 0 aliphatic heterocycles. The second-order valence-electron chi connectivity index (χ2n) is 5.79. The first-order valence-electron chi connectivity index (χ1n) is 8.51. The summed E-state index contributed by atoms with van der Waals surface area (Å²) in [4.78, 5) is 12.2. The third-order valence-electron chi connectivity index (χ3n) is 3.73. The predicted octanol–water partition coefficient (Wildman–Crippen LogP) is 4.45. The van der Waals surface area contributed by atoms with Crippen LogP contribution in [0.3, 0.4) is 0 Å². The van der Waals surface area contributed by atoms with Crippen molar-refractivity contribution in [1.29, 1.82) is 0 Å². The zero-order chi connectivity index (χ0) is 18.9. The number of ether oxygens (including phenoxy) is 3. The Hall–Kier alpha value is -2.95. The van der Waals surface area contributed by atoms with E-state index >= 15 is 0 Å². The van der Waals surface area contributed by atoms with Crippen molar-refractivity contribution in [1.82, 2.24) is 0 Å². The van der Waals surface area contributed by atoms with Crippen LogP contribution < -0.4 is 19.5 Å². The Labute approximate surface area is 154 Å². The number of aryl methyl sites for hydroxylation is 1. The number of nitrogens with one attached hydrogen (secondary N) is 1. The average molecular weight is 355 g/mol. The molecular weight excluding hydrogens is 330 g/mol. The average Bonchev–Trinajstić information content (AvgIpc) is 2.66. The van der Waals surface area contributed by atoms with E-state index in [9.17, 15) is 4.79 Å². The molecule has 0 atom stereocenters. The van der Waals surface area contributed by atoms with Gasteiger partial charge in [-0.05, 0) is 60.9 Å². The van der Waals surface area contributed by atoms with Gasteiger partial charge in [0.1, 0.15) is 17.2 Å². The Balaban J connectivity index is 2.05. The maximum Gasteiger partial charge on any atom is 0.248 e. The topological polar surface area (TPSA) is 56.8 Å². The van der Waals surface area contributed by atoms with E-state index in [-0.39, 0.29) is 5.91 Å². The number of rotatable bonds is 8. The molecule has 0 bridgehead atoms. The molecule has 0 unspecified atom stereocenters. The molecule has 1 amide bonds. The molecule has 0 aromatic heterocycles. The molecule has 0 aliphatic carbocycles. The fourth-order valence-electron chi connectivity index (χ4n) is 2.36.